The predicted molar refractivity (Wildman–Crippen MR) is 92.2 cm³/mol. The minimum atomic E-state index is -0.425. The molecule has 1 amide bonds. The summed E-state index contributed by atoms with van der Waals surface area (Å²) >= 11 is 0. The third-order valence-corrected chi connectivity index (χ3v) is 4.01. The summed E-state index contributed by atoms with van der Waals surface area (Å²) in [6.07, 6.45) is 1.64. The van der Waals surface area contributed by atoms with E-state index < -0.39 is 5.69 Å². The van der Waals surface area contributed by atoms with Crippen LogP contribution in [-0.4, -0.2) is 19.6 Å². The zero-order valence-electron chi connectivity index (χ0n) is 13.7. The first-order valence-corrected chi connectivity index (χ1v) is 7.50. The first-order chi connectivity index (χ1) is 11.4. The number of hydrogen-bond acceptors (Lipinski definition) is 3. The molecule has 2 aromatic heterocycles. The summed E-state index contributed by atoms with van der Waals surface area (Å²) < 4.78 is 4.02. The molecular formula is C17H18N4O3. The van der Waals surface area contributed by atoms with Crippen LogP contribution in [-0.2, 0) is 25.4 Å². The lowest BCUT2D eigenvalue weighted by Gasteiger charge is -2.10. The average molecular weight is 326 g/mol. The average Bonchev–Trinajstić information content (AvgIpc) is 2.96. The fraction of sp³-hybridized carbons (Fsp3) is 0.235. The Morgan fingerprint density at radius 2 is 1.71 bits per heavy atom. The van der Waals surface area contributed by atoms with E-state index in [9.17, 15) is 14.4 Å². The van der Waals surface area contributed by atoms with Crippen LogP contribution in [0.4, 0.5) is 5.69 Å². The molecule has 2 heterocycles. The molecule has 0 aliphatic heterocycles. The molecular weight excluding hydrogens is 308 g/mol. The van der Waals surface area contributed by atoms with Crippen LogP contribution in [0, 0.1) is 6.92 Å². The number of fused-ring (bicyclic) bond motifs is 1. The molecule has 1 aromatic carbocycles. The van der Waals surface area contributed by atoms with Gasteiger partial charge in [0, 0.05) is 26.0 Å². The molecule has 0 unspecified atom stereocenters. The number of carbonyl (C=O) groups is 1. The topological polar surface area (TPSA) is 78.0 Å². The molecule has 3 aromatic rings. The van der Waals surface area contributed by atoms with Gasteiger partial charge in [-0.1, -0.05) is 17.7 Å². The molecule has 124 valence electrons. The van der Waals surface area contributed by atoms with Gasteiger partial charge in [-0.05, 0) is 25.1 Å². The number of nitrogens with zero attached hydrogens (tertiary/aromatic N) is 3. The van der Waals surface area contributed by atoms with Gasteiger partial charge in [0.1, 0.15) is 12.2 Å². The maximum Gasteiger partial charge on any atom is 0.332 e. The van der Waals surface area contributed by atoms with Crippen molar-refractivity contribution in [3.63, 3.8) is 0 Å². The van der Waals surface area contributed by atoms with E-state index in [-0.39, 0.29) is 18.0 Å². The highest BCUT2D eigenvalue weighted by Crippen LogP contribution is 2.11. The summed E-state index contributed by atoms with van der Waals surface area (Å²) in [4.78, 5) is 36.5. The highest BCUT2D eigenvalue weighted by Gasteiger charge is 2.14. The molecule has 7 heteroatoms. The summed E-state index contributed by atoms with van der Waals surface area (Å²) in [6, 6.07) is 9.09. The quantitative estimate of drug-likeness (QED) is 0.779. The SMILES string of the molecule is Cc1ccc(NC(=O)Cn2ccc3c(=O)n(C)c(=O)n(C)c32)cc1. The van der Waals surface area contributed by atoms with Crippen LogP contribution in [0.15, 0.2) is 46.1 Å². The van der Waals surface area contributed by atoms with Crippen molar-refractivity contribution in [2.75, 3.05) is 5.32 Å². The fourth-order valence-corrected chi connectivity index (χ4v) is 2.71. The predicted octanol–water partition coefficient (Wildman–Crippen LogP) is 0.986. The largest absolute Gasteiger partial charge is 0.332 e. The molecule has 0 radical (unpaired) electrons. The third kappa shape index (κ3) is 2.64. The third-order valence-electron chi connectivity index (χ3n) is 4.01. The maximum absolute atomic E-state index is 12.3. The second-order valence-corrected chi connectivity index (χ2v) is 5.80. The summed E-state index contributed by atoms with van der Waals surface area (Å²) in [5.74, 6) is -0.232. The molecule has 3 rings (SSSR count). The van der Waals surface area contributed by atoms with Crippen molar-refractivity contribution < 1.29 is 4.79 Å². The standard InChI is InChI=1S/C17H18N4O3/c1-11-4-6-12(7-5-11)18-14(22)10-21-9-8-13-15(21)19(2)17(24)20(3)16(13)23/h4-9H,10H2,1-3H3,(H,18,22). The van der Waals surface area contributed by atoms with Gasteiger partial charge in [-0.25, -0.2) is 4.79 Å². The van der Waals surface area contributed by atoms with E-state index in [1.165, 1.54) is 11.6 Å². The van der Waals surface area contributed by atoms with Crippen LogP contribution < -0.4 is 16.6 Å². The summed E-state index contributed by atoms with van der Waals surface area (Å²) in [6.45, 7) is 1.98. The smallest absolute Gasteiger partial charge is 0.325 e. The Kier molecular flexibility index (Phi) is 3.84. The number of benzene rings is 1. The Morgan fingerprint density at radius 3 is 2.38 bits per heavy atom. The number of hydrogen-bond donors (Lipinski definition) is 1. The van der Waals surface area contributed by atoms with Gasteiger partial charge in [0.15, 0.2) is 0 Å². The normalized spacial score (nSPS) is 11.0. The zero-order valence-corrected chi connectivity index (χ0v) is 13.7. The molecule has 0 aliphatic carbocycles. The van der Waals surface area contributed by atoms with E-state index in [0.717, 1.165) is 10.1 Å². The van der Waals surface area contributed by atoms with Crippen LogP contribution in [0.5, 0.6) is 0 Å². The van der Waals surface area contributed by atoms with Crippen LogP contribution in [0.2, 0.25) is 0 Å². The van der Waals surface area contributed by atoms with Crippen molar-refractivity contribution in [2.45, 2.75) is 13.5 Å². The van der Waals surface area contributed by atoms with E-state index in [0.29, 0.717) is 16.7 Å². The van der Waals surface area contributed by atoms with Crippen molar-refractivity contribution in [1.82, 2.24) is 13.7 Å². The van der Waals surface area contributed by atoms with Gasteiger partial charge in [-0.2, -0.15) is 0 Å². The van der Waals surface area contributed by atoms with E-state index in [2.05, 4.69) is 5.32 Å². The summed E-state index contributed by atoms with van der Waals surface area (Å²) in [5, 5.41) is 3.21. The number of aryl methyl sites for hydroxylation is 2. The molecule has 0 saturated carbocycles. The number of amides is 1. The Hall–Kier alpha value is -3.09. The van der Waals surface area contributed by atoms with Crippen molar-refractivity contribution in [1.29, 1.82) is 0 Å². The lowest BCUT2D eigenvalue weighted by atomic mass is 10.2. The van der Waals surface area contributed by atoms with Gasteiger partial charge in [0.25, 0.3) is 5.56 Å². The Labute approximate surface area is 137 Å². The van der Waals surface area contributed by atoms with E-state index in [4.69, 9.17) is 0 Å². The fourth-order valence-electron chi connectivity index (χ4n) is 2.71. The van der Waals surface area contributed by atoms with Crippen molar-refractivity contribution in [3.8, 4) is 0 Å². The first kappa shape index (κ1) is 15.8. The summed E-state index contributed by atoms with van der Waals surface area (Å²) in [7, 11) is 3.02. The van der Waals surface area contributed by atoms with Gasteiger partial charge in [0.05, 0.1) is 5.39 Å². The second-order valence-electron chi connectivity index (χ2n) is 5.80. The van der Waals surface area contributed by atoms with Crippen LogP contribution >= 0.6 is 0 Å². The number of aromatic nitrogens is 3. The van der Waals surface area contributed by atoms with Crippen molar-refractivity contribution in [3.05, 3.63) is 62.9 Å². The summed E-state index contributed by atoms with van der Waals surface area (Å²) in [5.41, 5.74) is 1.45. The molecule has 0 bridgehead atoms. The van der Waals surface area contributed by atoms with E-state index in [1.807, 2.05) is 31.2 Å². The minimum Gasteiger partial charge on any atom is -0.325 e. The molecule has 0 atom stereocenters. The number of nitrogens with one attached hydrogen (secondary N) is 1. The molecule has 0 fully saturated rings. The monoisotopic (exact) mass is 326 g/mol. The molecule has 0 saturated heterocycles. The van der Waals surface area contributed by atoms with Crippen molar-refractivity contribution in [2.24, 2.45) is 14.1 Å². The molecule has 1 N–H and O–H groups in total. The molecule has 0 aliphatic rings. The van der Waals surface area contributed by atoms with Crippen LogP contribution in [0.1, 0.15) is 5.56 Å². The molecule has 24 heavy (non-hydrogen) atoms. The maximum atomic E-state index is 12.3. The minimum absolute atomic E-state index is 0.0117. The lowest BCUT2D eigenvalue weighted by Crippen LogP contribution is -2.37. The number of carbonyl (C=O) groups excluding carboxylic acids is 1. The Balaban J connectivity index is 1.93. The van der Waals surface area contributed by atoms with Gasteiger partial charge in [-0.15, -0.1) is 0 Å². The van der Waals surface area contributed by atoms with E-state index in [1.54, 1.807) is 23.9 Å². The lowest BCUT2D eigenvalue weighted by molar-refractivity contribution is -0.116. The highest BCUT2D eigenvalue weighted by molar-refractivity contribution is 5.91. The van der Waals surface area contributed by atoms with Crippen LogP contribution in [0.25, 0.3) is 11.0 Å². The first-order valence-electron chi connectivity index (χ1n) is 7.50. The van der Waals surface area contributed by atoms with E-state index >= 15 is 0 Å². The van der Waals surface area contributed by atoms with Gasteiger partial charge in [-0.3, -0.25) is 18.7 Å². The second kappa shape index (κ2) is 5.84. The highest BCUT2D eigenvalue weighted by atomic mass is 16.2. The Morgan fingerprint density at radius 1 is 1.04 bits per heavy atom. The number of rotatable bonds is 3. The van der Waals surface area contributed by atoms with Gasteiger partial charge < -0.3 is 9.88 Å². The Bertz CT molecular complexity index is 1040. The number of anilines is 1. The molecule has 7 nitrogen and oxygen atoms in total. The van der Waals surface area contributed by atoms with Crippen LogP contribution in [0.3, 0.4) is 0 Å². The van der Waals surface area contributed by atoms with Gasteiger partial charge in [0.2, 0.25) is 5.91 Å². The van der Waals surface area contributed by atoms with Gasteiger partial charge >= 0.3 is 5.69 Å². The van der Waals surface area contributed by atoms with Crippen molar-refractivity contribution >= 4 is 22.6 Å². The zero-order chi connectivity index (χ0) is 17.4. The molecule has 0 spiro atoms.